The Morgan fingerprint density at radius 1 is 1.00 bits per heavy atom. The number of thioether (sulfide) groups is 1. The largest absolute Gasteiger partial charge is 0.352 e. The molecule has 1 saturated carbocycles. The molecule has 0 radical (unpaired) electrons. The fourth-order valence-corrected chi connectivity index (χ4v) is 4.95. The minimum atomic E-state index is 0.0824. The number of hydrogen-bond acceptors (Lipinski definition) is 4. The lowest BCUT2D eigenvalue weighted by Crippen LogP contribution is -2.44. The van der Waals surface area contributed by atoms with Gasteiger partial charge in [-0.25, -0.2) is 0 Å². The fourth-order valence-electron chi connectivity index (χ4n) is 4.16. The van der Waals surface area contributed by atoms with Crippen LogP contribution in [0.4, 0.5) is 0 Å². The van der Waals surface area contributed by atoms with Crippen molar-refractivity contribution in [3.8, 4) is 11.3 Å². The van der Waals surface area contributed by atoms with Crippen molar-refractivity contribution < 1.29 is 4.79 Å². The molecular weight excluding hydrogens is 378 g/mol. The zero-order chi connectivity index (χ0) is 20.2. The van der Waals surface area contributed by atoms with Crippen LogP contribution in [-0.4, -0.2) is 27.9 Å². The highest BCUT2D eigenvalue weighted by Gasteiger charge is 2.28. The molecule has 5 heteroatoms. The number of carbonyl (C=O) groups is 1. The van der Waals surface area contributed by atoms with Crippen molar-refractivity contribution in [2.45, 2.75) is 44.2 Å². The lowest BCUT2D eigenvalue weighted by atomic mass is 9.78. The third-order valence-electron chi connectivity index (χ3n) is 6.09. The lowest BCUT2D eigenvalue weighted by Gasteiger charge is -2.34. The Morgan fingerprint density at radius 3 is 2.52 bits per heavy atom. The average Bonchev–Trinajstić information content (AvgIpc) is 2.76. The normalized spacial score (nSPS) is 21.8. The van der Waals surface area contributed by atoms with Gasteiger partial charge in [-0.1, -0.05) is 93.0 Å². The second-order valence-electron chi connectivity index (χ2n) is 8.00. The molecule has 1 aromatic heterocycles. The average molecular weight is 406 g/mol. The standard InChI is InChI=1S/C24H27N3OS/c1-16-9-8-14-21(17(16)2)25-22(28)15-29-24-20-13-7-6-12-19(20)23(26-27-24)18-10-4-3-5-11-18/h3-7,10-13,16-17,21H,8-9,14-15H2,1-2H3,(H,25,28)/t16-,17+,21+/m0/s1. The molecule has 1 aliphatic rings. The highest BCUT2D eigenvalue weighted by Crippen LogP contribution is 2.32. The summed E-state index contributed by atoms with van der Waals surface area (Å²) in [4.78, 5) is 12.6. The third-order valence-corrected chi connectivity index (χ3v) is 7.08. The van der Waals surface area contributed by atoms with E-state index in [1.54, 1.807) is 0 Å². The van der Waals surface area contributed by atoms with Crippen LogP contribution in [0.5, 0.6) is 0 Å². The van der Waals surface area contributed by atoms with Gasteiger partial charge in [0.2, 0.25) is 5.91 Å². The van der Waals surface area contributed by atoms with E-state index in [2.05, 4.69) is 41.5 Å². The third kappa shape index (κ3) is 4.45. The van der Waals surface area contributed by atoms with Crippen LogP contribution in [-0.2, 0) is 4.79 Å². The molecule has 1 amide bonds. The summed E-state index contributed by atoms with van der Waals surface area (Å²) < 4.78 is 0. The Bertz CT molecular complexity index is 992. The van der Waals surface area contributed by atoms with Gasteiger partial charge in [0.1, 0.15) is 10.7 Å². The van der Waals surface area contributed by atoms with Gasteiger partial charge in [0.25, 0.3) is 0 Å². The van der Waals surface area contributed by atoms with Crippen molar-refractivity contribution >= 4 is 28.4 Å². The van der Waals surface area contributed by atoms with Crippen LogP contribution < -0.4 is 5.32 Å². The first-order valence-electron chi connectivity index (χ1n) is 10.4. The van der Waals surface area contributed by atoms with Gasteiger partial charge in [-0.15, -0.1) is 10.2 Å². The first kappa shape index (κ1) is 19.9. The summed E-state index contributed by atoms with van der Waals surface area (Å²) >= 11 is 1.47. The van der Waals surface area contributed by atoms with Crippen LogP contribution in [0.1, 0.15) is 33.1 Å². The summed E-state index contributed by atoms with van der Waals surface area (Å²) in [6.07, 6.45) is 3.54. The van der Waals surface area contributed by atoms with Crippen LogP contribution in [0.15, 0.2) is 59.6 Å². The molecule has 0 bridgehead atoms. The van der Waals surface area contributed by atoms with Crippen molar-refractivity contribution in [3.63, 3.8) is 0 Å². The quantitative estimate of drug-likeness (QED) is 0.583. The Hall–Kier alpha value is -2.40. The van der Waals surface area contributed by atoms with Crippen molar-refractivity contribution in [3.05, 3.63) is 54.6 Å². The van der Waals surface area contributed by atoms with Gasteiger partial charge in [0, 0.05) is 22.4 Å². The number of amides is 1. The second kappa shape index (κ2) is 8.95. The van der Waals surface area contributed by atoms with Crippen LogP contribution in [0.2, 0.25) is 0 Å². The van der Waals surface area contributed by atoms with Gasteiger partial charge < -0.3 is 5.32 Å². The van der Waals surface area contributed by atoms with Gasteiger partial charge in [-0.2, -0.15) is 0 Å². The predicted octanol–water partition coefficient (Wildman–Crippen LogP) is 5.33. The molecular formula is C24H27N3OS. The molecule has 29 heavy (non-hydrogen) atoms. The maximum Gasteiger partial charge on any atom is 0.230 e. The van der Waals surface area contributed by atoms with Crippen molar-refractivity contribution in [2.75, 3.05) is 5.75 Å². The summed E-state index contributed by atoms with van der Waals surface area (Å²) in [6, 6.07) is 18.5. The lowest BCUT2D eigenvalue weighted by molar-refractivity contribution is -0.119. The summed E-state index contributed by atoms with van der Waals surface area (Å²) in [7, 11) is 0. The first-order valence-corrected chi connectivity index (χ1v) is 11.3. The topological polar surface area (TPSA) is 54.9 Å². The highest BCUT2D eigenvalue weighted by atomic mass is 32.2. The number of hydrogen-bond donors (Lipinski definition) is 1. The monoisotopic (exact) mass is 405 g/mol. The molecule has 0 unspecified atom stereocenters. The molecule has 3 aromatic rings. The Morgan fingerprint density at radius 2 is 1.72 bits per heavy atom. The second-order valence-corrected chi connectivity index (χ2v) is 8.96. The first-order chi connectivity index (χ1) is 14.1. The van der Waals surface area contributed by atoms with Crippen LogP contribution >= 0.6 is 11.8 Å². The summed E-state index contributed by atoms with van der Waals surface area (Å²) in [5.74, 6) is 1.64. The van der Waals surface area contributed by atoms with Crippen molar-refractivity contribution in [1.29, 1.82) is 0 Å². The predicted molar refractivity (Wildman–Crippen MR) is 120 cm³/mol. The highest BCUT2D eigenvalue weighted by molar-refractivity contribution is 8.00. The van der Waals surface area contributed by atoms with Gasteiger partial charge in [-0.05, 0) is 18.3 Å². The van der Waals surface area contributed by atoms with E-state index in [0.29, 0.717) is 17.6 Å². The van der Waals surface area contributed by atoms with Gasteiger partial charge >= 0.3 is 0 Å². The summed E-state index contributed by atoms with van der Waals surface area (Å²) in [5.41, 5.74) is 1.92. The molecule has 150 valence electrons. The number of nitrogens with zero attached hydrogens (tertiary/aromatic N) is 2. The zero-order valence-corrected chi connectivity index (χ0v) is 17.8. The van der Waals surface area contributed by atoms with Gasteiger partial charge in [0.05, 0.1) is 5.75 Å². The van der Waals surface area contributed by atoms with E-state index in [-0.39, 0.29) is 11.9 Å². The molecule has 1 fully saturated rings. The van der Waals surface area contributed by atoms with E-state index in [4.69, 9.17) is 0 Å². The fraction of sp³-hybridized carbons (Fsp3) is 0.375. The molecule has 2 aromatic carbocycles. The van der Waals surface area contributed by atoms with Crippen molar-refractivity contribution in [2.24, 2.45) is 11.8 Å². The van der Waals surface area contributed by atoms with E-state index in [0.717, 1.165) is 33.5 Å². The molecule has 1 heterocycles. The Kier molecular flexibility index (Phi) is 6.14. The maximum atomic E-state index is 12.6. The number of benzene rings is 2. The van der Waals surface area contributed by atoms with Gasteiger partial charge in [-0.3, -0.25) is 4.79 Å². The molecule has 0 aliphatic heterocycles. The molecule has 0 saturated heterocycles. The summed E-state index contributed by atoms with van der Waals surface area (Å²) in [6.45, 7) is 4.54. The summed E-state index contributed by atoms with van der Waals surface area (Å²) in [5, 5.41) is 15.1. The molecule has 0 spiro atoms. The van der Waals surface area contributed by atoms with E-state index < -0.39 is 0 Å². The SMILES string of the molecule is C[C@@H]1[C@@H](C)CCC[C@H]1NC(=O)CSc1nnc(-c2ccccc2)c2ccccc12. The smallest absolute Gasteiger partial charge is 0.230 e. The number of fused-ring (bicyclic) bond motifs is 1. The number of nitrogens with one attached hydrogen (secondary N) is 1. The van der Waals surface area contributed by atoms with E-state index >= 15 is 0 Å². The minimum absolute atomic E-state index is 0.0824. The number of carbonyl (C=O) groups excluding carboxylic acids is 1. The van der Waals surface area contributed by atoms with Crippen LogP contribution in [0.25, 0.3) is 22.0 Å². The Balaban J connectivity index is 1.50. The molecule has 1 N–H and O–H groups in total. The van der Waals surface area contributed by atoms with E-state index in [1.165, 1.54) is 24.6 Å². The molecule has 3 atom stereocenters. The zero-order valence-electron chi connectivity index (χ0n) is 17.0. The molecule has 1 aliphatic carbocycles. The maximum absolute atomic E-state index is 12.6. The minimum Gasteiger partial charge on any atom is -0.352 e. The van der Waals surface area contributed by atoms with E-state index in [9.17, 15) is 4.79 Å². The molecule has 4 nitrogen and oxygen atoms in total. The van der Waals surface area contributed by atoms with E-state index in [1.807, 2.05) is 42.5 Å². The van der Waals surface area contributed by atoms with Crippen LogP contribution in [0, 0.1) is 11.8 Å². The number of aromatic nitrogens is 2. The Labute approximate surface area is 176 Å². The number of rotatable bonds is 5. The van der Waals surface area contributed by atoms with Crippen LogP contribution in [0.3, 0.4) is 0 Å². The van der Waals surface area contributed by atoms with Crippen molar-refractivity contribution in [1.82, 2.24) is 15.5 Å². The van der Waals surface area contributed by atoms with Gasteiger partial charge in [0.15, 0.2) is 0 Å². The molecule has 4 rings (SSSR count).